The van der Waals surface area contributed by atoms with Gasteiger partial charge in [0.15, 0.2) is 0 Å². The van der Waals surface area contributed by atoms with Crippen molar-refractivity contribution in [3.05, 3.63) is 24.0 Å². The van der Waals surface area contributed by atoms with E-state index in [-0.39, 0.29) is 11.1 Å². The molecule has 0 amide bonds. The van der Waals surface area contributed by atoms with Gasteiger partial charge < -0.3 is 15.4 Å². The SMILES string of the molecule is NC12CC3CC(C1)CC(n1c(C4CC5CCC4C5)nc4cccc(O)c41)(C3)C2. The molecule has 0 aliphatic heterocycles. The van der Waals surface area contributed by atoms with Gasteiger partial charge in [0.05, 0.1) is 5.52 Å². The highest BCUT2D eigenvalue weighted by molar-refractivity contribution is 5.83. The van der Waals surface area contributed by atoms with Gasteiger partial charge in [0.2, 0.25) is 0 Å². The van der Waals surface area contributed by atoms with Crippen LogP contribution in [0.3, 0.4) is 0 Å². The normalized spacial score (nSPS) is 46.1. The van der Waals surface area contributed by atoms with E-state index in [0.29, 0.717) is 11.7 Å². The summed E-state index contributed by atoms with van der Waals surface area (Å²) in [4.78, 5) is 5.22. The number of hydrogen-bond acceptors (Lipinski definition) is 3. The minimum absolute atomic E-state index is 0.00295. The monoisotopic (exact) mass is 377 g/mol. The smallest absolute Gasteiger partial charge is 0.141 e. The Kier molecular flexibility index (Phi) is 2.98. The maximum Gasteiger partial charge on any atom is 0.141 e. The molecule has 6 fully saturated rings. The number of rotatable bonds is 2. The van der Waals surface area contributed by atoms with Crippen LogP contribution in [0.15, 0.2) is 18.2 Å². The van der Waals surface area contributed by atoms with Crippen LogP contribution in [0.5, 0.6) is 5.75 Å². The van der Waals surface area contributed by atoms with Gasteiger partial charge in [0.1, 0.15) is 17.1 Å². The fourth-order valence-electron chi connectivity index (χ4n) is 8.96. The van der Waals surface area contributed by atoms with E-state index in [1.165, 1.54) is 63.6 Å². The maximum atomic E-state index is 10.9. The lowest BCUT2D eigenvalue weighted by atomic mass is 9.50. The fourth-order valence-corrected chi connectivity index (χ4v) is 8.96. The first kappa shape index (κ1) is 16.3. The highest BCUT2D eigenvalue weighted by atomic mass is 16.3. The maximum absolute atomic E-state index is 10.9. The van der Waals surface area contributed by atoms with Crippen molar-refractivity contribution in [2.75, 3.05) is 0 Å². The molecule has 5 atom stereocenters. The van der Waals surface area contributed by atoms with Crippen molar-refractivity contribution >= 4 is 11.0 Å². The number of benzene rings is 1. The molecule has 5 unspecified atom stereocenters. The summed E-state index contributed by atoms with van der Waals surface area (Å²) in [6.07, 6.45) is 12.8. The summed E-state index contributed by atoms with van der Waals surface area (Å²) in [6.45, 7) is 0. The number of fused-ring (bicyclic) bond motifs is 3. The summed E-state index contributed by atoms with van der Waals surface area (Å²) < 4.78 is 2.57. The van der Waals surface area contributed by atoms with Crippen molar-refractivity contribution in [1.82, 2.24) is 9.55 Å². The van der Waals surface area contributed by atoms with Crippen molar-refractivity contribution in [3.63, 3.8) is 0 Å². The van der Waals surface area contributed by atoms with Crippen LogP contribution in [0.4, 0.5) is 0 Å². The van der Waals surface area contributed by atoms with Crippen LogP contribution in [-0.4, -0.2) is 20.2 Å². The molecule has 0 spiro atoms. The highest BCUT2D eigenvalue weighted by Gasteiger charge is 2.58. The Morgan fingerprint density at radius 3 is 2.50 bits per heavy atom. The summed E-state index contributed by atoms with van der Waals surface area (Å²) in [5, 5.41) is 10.9. The van der Waals surface area contributed by atoms with Gasteiger partial charge in [-0.3, -0.25) is 0 Å². The van der Waals surface area contributed by atoms with E-state index < -0.39 is 0 Å². The largest absolute Gasteiger partial charge is 0.506 e. The number of hydrogen-bond donors (Lipinski definition) is 2. The first-order chi connectivity index (χ1) is 13.5. The Balaban J connectivity index is 1.47. The molecule has 2 aromatic rings. The third-order valence-corrected chi connectivity index (χ3v) is 9.30. The molecule has 6 aliphatic carbocycles. The molecule has 1 aromatic carbocycles. The molecule has 4 nitrogen and oxygen atoms in total. The van der Waals surface area contributed by atoms with Crippen molar-refractivity contribution in [1.29, 1.82) is 0 Å². The van der Waals surface area contributed by atoms with Gasteiger partial charge in [-0.2, -0.15) is 0 Å². The van der Waals surface area contributed by atoms with E-state index in [4.69, 9.17) is 10.7 Å². The lowest BCUT2D eigenvalue weighted by Crippen LogP contribution is -2.63. The van der Waals surface area contributed by atoms with Crippen LogP contribution in [0.25, 0.3) is 11.0 Å². The summed E-state index contributed by atoms with van der Waals surface area (Å²) in [5.41, 5.74) is 9.01. The summed E-state index contributed by atoms with van der Waals surface area (Å²) >= 11 is 0. The second-order valence-corrected chi connectivity index (χ2v) is 11.3. The number of nitrogens with zero attached hydrogens (tertiary/aromatic N) is 2. The average molecular weight is 378 g/mol. The van der Waals surface area contributed by atoms with Crippen LogP contribution in [0.1, 0.15) is 76.0 Å². The molecule has 6 bridgehead atoms. The number of nitrogens with two attached hydrogens (primary N) is 1. The molecule has 1 heterocycles. The summed E-state index contributed by atoms with van der Waals surface area (Å²) in [5.74, 6) is 5.46. The Bertz CT molecular complexity index is 964. The van der Waals surface area contributed by atoms with Gasteiger partial charge in [0, 0.05) is 17.0 Å². The predicted octanol–water partition coefficient (Wildman–Crippen LogP) is 4.65. The number of aromatic hydroxyl groups is 1. The van der Waals surface area contributed by atoms with Gasteiger partial charge in [0.25, 0.3) is 0 Å². The first-order valence-electron chi connectivity index (χ1n) is 11.5. The lowest BCUT2D eigenvalue weighted by Gasteiger charge is -2.61. The van der Waals surface area contributed by atoms with E-state index in [9.17, 15) is 5.11 Å². The topological polar surface area (TPSA) is 64.1 Å². The van der Waals surface area contributed by atoms with Crippen molar-refractivity contribution in [3.8, 4) is 5.75 Å². The Morgan fingerprint density at radius 1 is 1.00 bits per heavy atom. The zero-order valence-corrected chi connectivity index (χ0v) is 16.6. The van der Waals surface area contributed by atoms with Crippen LogP contribution < -0.4 is 5.73 Å². The Hall–Kier alpha value is -1.55. The molecule has 6 saturated carbocycles. The quantitative estimate of drug-likeness (QED) is 0.800. The van der Waals surface area contributed by atoms with Crippen molar-refractivity contribution < 1.29 is 5.11 Å². The molecule has 0 radical (unpaired) electrons. The van der Waals surface area contributed by atoms with Gasteiger partial charge in [-0.05, 0) is 93.6 Å². The van der Waals surface area contributed by atoms with Crippen LogP contribution >= 0.6 is 0 Å². The third kappa shape index (κ3) is 2.03. The first-order valence-corrected chi connectivity index (χ1v) is 11.5. The highest BCUT2D eigenvalue weighted by Crippen LogP contribution is 2.62. The zero-order valence-electron chi connectivity index (χ0n) is 16.6. The van der Waals surface area contributed by atoms with Crippen LogP contribution in [-0.2, 0) is 5.54 Å². The molecule has 3 N–H and O–H groups in total. The standard InChI is InChI=1S/C24H31N3O/c25-23-9-15-6-16(10-23)12-24(11-15,13-23)27-21-19(2-1-3-20(21)28)26-22(27)18-8-14-4-5-17(18)7-14/h1-3,14-18,28H,4-13,25H2. The van der Waals surface area contributed by atoms with E-state index in [2.05, 4.69) is 10.6 Å². The van der Waals surface area contributed by atoms with Gasteiger partial charge in [-0.15, -0.1) is 0 Å². The van der Waals surface area contributed by atoms with Crippen molar-refractivity contribution in [2.24, 2.45) is 29.4 Å². The second kappa shape index (κ2) is 5.13. The number of imidazole rings is 1. The molecule has 148 valence electrons. The molecule has 4 heteroatoms. The molecule has 0 saturated heterocycles. The molecule has 1 aromatic heterocycles. The van der Waals surface area contributed by atoms with Gasteiger partial charge in [-0.25, -0.2) is 4.98 Å². The van der Waals surface area contributed by atoms with Gasteiger partial charge in [-0.1, -0.05) is 12.5 Å². The Morgan fingerprint density at radius 2 is 1.82 bits per heavy atom. The minimum Gasteiger partial charge on any atom is -0.506 e. The number of phenolic OH excluding ortho intramolecular Hbond substituents is 1. The summed E-state index contributed by atoms with van der Waals surface area (Å²) in [6, 6.07) is 5.90. The second-order valence-electron chi connectivity index (χ2n) is 11.3. The van der Waals surface area contributed by atoms with E-state index in [0.717, 1.165) is 41.1 Å². The van der Waals surface area contributed by atoms with E-state index in [1.54, 1.807) is 0 Å². The third-order valence-electron chi connectivity index (χ3n) is 9.30. The van der Waals surface area contributed by atoms with Crippen LogP contribution in [0.2, 0.25) is 0 Å². The lowest BCUT2D eigenvalue weighted by molar-refractivity contribution is -0.0577. The molecular weight excluding hydrogens is 346 g/mol. The minimum atomic E-state index is -0.00295. The molecule has 28 heavy (non-hydrogen) atoms. The fraction of sp³-hybridized carbons (Fsp3) is 0.708. The summed E-state index contributed by atoms with van der Waals surface area (Å²) in [7, 11) is 0. The molecular formula is C24H31N3O. The van der Waals surface area contributed by atoms with Crippen molar-refractivity contribution in [2.45, 2.75) is 81.2 Å². The molecule has 6 aliphatic rings. The number of phenols is 1. The zero-order chi connectivity index (χ0) is 18.7. The predicted molar refractivity (Wildman–Crippen MR) is 109 cm³/mol. The molecule has 8 rings (SSSR count). The van der Waals surface area contributed by atoms with Crippen LogP contribution in [0, 0.1) is 23.7 Å². The van der Waals surface area contributed by atoms with E-state index >= 15 is 0 Å². The Labute approximate surface area is 166 Å². The number of aromatic nitrogens is 2. The number of para-hydroxylation sites is 1. The van der Waals surface area contributed by atoms with Gasteiger partial charge >= 0.3 is 0 Å². The van der Waals surface area contributed by atoms with E-state index in [1.807, 2.05) is 12.1 Å². The average Bonchev–Trinajstić information content (AvgIpc) is 3.33.